The van der Waals surface area contributed by atoms with Gasteiger partial charge in [-0.2, -0.15) is 0 Å². The number of carbonyl (C=O) groups is 1. The van der Waals surface area contributed by atoms with Crippen molar-refractivity contribution in [3.63, 3.8) is 0 Å². The van der Waals surface area contributed by atoms with Gasteiger partial charge in [0.05, 0.1) is 12.3 Å². The molecule has 0 saturated heterocycles. The summed E-state index contributed by atoms with van der Waals surface area (Å²) in [5.41, 5.74) is 2.84. The van der Waals surface area contributed by atoms with Crippen molar-refractivity contribution < 1.29 is 9.21 Å². The summed E-state index contributed by atoms with van der Waals surface area (Å²) < 4.78 is 7.04. The summed E-state index contributed by atoms with van der Waals surface area (Å²) >= 11 is 1.49. The lowest BCUT2D eigenvalue weighted by molar-refractivity contribution is 0.0925. The van der Waals surface area contributed by atoms with E-state index in [0.29, 0.717) is 11.8 Å². The molecule has 1 aliphatic rings. The molecule has 0 aliphatic heterocycles. The van der Waals surface area contributed by atoms with Crippen molar-refractivity contribution in [2.75, 3.05) is 0 Å². The van der Waals surface area contributed by atoms with Crippen LogP contribution in [0.2, 0.25) is 0 Å². The van der Waals surface area contributed by atoms with Crippen molar-refractivity contribution in [3.05, 3.63) is 23.7 Å². The summed E-state index contributed by atoms with van der Waals surface area (Å²) in [4.78, 5) is 11.5. The molecule has 0 aromatic carbocycles. The molecule has 3 rings (SSSR count). The van der Waals surface area contributed by atoms with Crippen molar-refractivity contribution in [1.82, 2.24) is 25.6 Å². The summed E-state index contributed by atoms with van der Waals surface area (Å²) in [6.45, 7) is 0. The predicted molar refractivity (Wildman–Crippen MR) is 75.2 cm³/mol. The smallest absolute Gasteiger partial charge is 0.301 e. The molecule has 21 heavy (non-hydrogen) atoms. The number of tetrazole rings is 1. The highest BCUT2D eigenvalue weighted by molar-refractivity contribution is 7.98. The van der Waals surface area contributed by atoms with Crippen LogP contribution in [0, 0.1) is 0 Å². The molecule has 3 N–H and O–H groups in total. The minimum Gasteiger partial charge on any atom is -0.459 e. The van der Waals surface area contributed by atoms with Crippen LogP contribution in [-0.2, 0) is 5.75 Å². The topological polar surface area (TPSA) is 112 Å². The Kier molecular flexibility index (Phi) is 4.20. The molecule has 2 heterocycles. The Morgan fingerprint density at radius 2 is 2.33 bits per heavy atom. The molecule has 1 amide bonds. The first-order chi connectivity index (χ1) is 10.3. The number of amides is 1. The molecule has 9 heteroatoms. The van der Waals surface area contributed by atoms with E-state index >= 15 is 0 Å². The lowest BCUT2D eigenvalue weighted by Crippen LogP contribution is -2.30. The van der Waals surface area contributed by atoms with Crippen LogP contribution in [0.15, 0.2) is 21.9 Å². The first kappa shape index (κ1) is 14.1. The third-order valence-corrected chi connectivity index (χ3v) is 4.56. The van der Waals surface area contributed by atoms with Gasteiger partial charge in [0.25, 0.3) is 0 Å². The number of rotatable bonds is 5. The molecule has 2 aromatic heterocycles. The number of nitrogens with one attached hydrogen (secondary N) is 1. The summed E-state index contributed by atoms with van der Waals surface area (Å²) in [6, 6.07) is 2.14. The quantitative estimate of drug-likeness (QED) is 0.370. The molecule has 0 bridgehead atoms. The number of hydrogen-bond donors (Lipinski definition) is 2. The molecule has 0 spiro atoms. The second-order valence-electron chi connectivity index (χ2n) is 4.88. The zero-order valence-electron chi connectivity index (χ0n) is 11.4. The lowest BCUT2D eigenvalue weighted by atomic mass is 10.3. The fourth-order valence-corrected chi connectivity index (χ4v) is 3.44. The molecule has 8 nitrogen and oxygen atoms in total. The molecular weight excluding hydrogens is 292 g/mol. The normalized spacial score (nSPS) is 15.5. The van der Waals surface area contributed by atoms with E-state index in [2.05, 4.69) is 21.0 Å². The molecule has 112 valence electrons. The number of nitrogen functional groups attached to an aromatic ring is 1. The monoisotopic (exact) mass is 308 g/mol. The van der Waals surface area contributed by atoms with Crippen molar-refractivity contribution in [2.45, 2.75) is 42.6 Å². The van der Waals surface area contributed by atoms with Crippen LogP contribution in [-0.4, -0.2) is 26.1 Å². The number of carbonyl (C=O) groups excluding carboxylic acids is 1. The van der Waals surface area contributed by atoms with Gasteiger partial charge in [-0.25, -0.2) is 10.5 Å². The molecule has 1 saturated carbocycles. The van der Waals surface area contributed by atoms with Crippen LogP contribution in [0.5, 0.6) is 0 Å². The molecule has 1 aliphatic carbocycles. The van der Waals surface area contributed by atoms with E-state index in [0.717, 1.165) is 23.6 Å². The third kappa shape index (κ3) is 2.93. The maximum absolute atomic E-state index is 11.5. The standard InChI is InChI=1S/C12H16N6O2S/c13-14-11(19)10-8(5-6-20-10)7-21-12-15-16-17-18(12)9-3-1-2-4-9/h5-6,9H,1-4,7,13H2,(H,14,19). The molecule has 0 unspecified atom stereocenters. The first-order valence-electron chi connectivity index (χ1n) is 6.77. The van der Waals surface area contributed by atoms with Crippen molar-refractivity contribution in [3.8, 4) is 0 Å². The first-order valence-corrected chi connectivity index (χ1v) is 7.76. The largest absolute Gasteiger partial charge is 0.459 e. The van der Waals surface area contributed by atoms with Gasteiger partial charge in [-0.3, -0.25) is 10.2 Å². The number of aromatic nitrogens is 4. The molecule has 1 fully saturated rings. The van der Waals surface area contributed by atoms with Gasteiger partial charge in [0.15, 0.2) is 5.76 Å². The Labute approximate surface area is 125 Å². The highest BCUT2D eigenvalue weighted by Crippen LogP contribution is 2.32. The van der Waals surface area contributed by atoms with Crippen LogP contribution in [0.4, 0.5) is 0 Å². The summed E-state index contributed by atoms with van der Waals surface area (Å²) in [6.07, 6.45) is 6.14. The van der Waals surface area contributed by atoms with Crippen molar-refractivity contribution >= 4 is 17.7 Å². The Morgan fingerprint density at radius 3 is 3.10 bits per heavy atom. The predicted octanol–water partition coefficient (Wildman–Crippen LogP) is 1.28. The maximum atomic E-state index is 11.5. The van der Waals surface area contributed by atoms with E-state index < -0.39 is 5.91 Å². The summed E-state index contributed by atoms with van der Waals surface area (Å²) in [7, 11) is 0. The highest BCUT2D eigenvalue weighted by Gasteiger charge is 2.22. The Morgan fingerprint density at radius 1 is 1.52 bits per heavy atom. The Balaban J connectivity index is 1.70. The average Bonchev–Trinajstić information content (AvgIpc) is 3.22. The number of hydrazine groups is 1. The number of hydrogen-bond acceptors (Lipinski definition) is 7. The van der Waals surface area contributed by atoms with Crippen LogP contribution < -0.4 is 11.3 Å². The SMILES string of the molecule is NNC(=O)c1occc1CSc1nnnn1C1CCCC1. The van der Waals surface area contributed by atoms with Crippen molar-refractivity contribution in [2.24, 2.45) is 5.84 Å². The van der Waals surface area contributed by atoms with E-state index in [1.54, 1.807) is 6.07 Å². The van der Waals surface area contributed by atoms with Gasteiger partial charge in [0.2, 0.25) is 5.16 Å². The zero-order chi connectivity index (χ0) is 14.7. The summed E-state index contributed by atoms with van der Waals surface area (Å²) in [5.74, 6) is 5.46. The Bertz CT molecular complexity index is 619. The van der Waals surface area contributed by atoms with Gasteiger partial charge in [0.1, 0.15) is 0 Å². The maximum Gasteiger partial charge on any atom is 0.301 e. The third-order valence-electron chi connectivity index (χ3n) is 3.57. The minimum atomic E-state index is -0.439. The fourth-order valence-electron chi connectivity index (χ4n) is 2.51. The van der Waals surface area contributed by atoms with Gasteiger partial charge in [-0.1, -0.05) is 24.6 Å². The van der Waals surface area contributed by atoms with Gasteiger partial charge in [-0.05, 0) is 29.3 Å². The molecule has 0 atom stereocenters. The van der Waals surface area contributed by atoms with Gasteiger partial charge in [-0.15, -0.1) is 5.10 Å². The average molecular weight is 308 g/mol. The summed E-state index contributed by atoms with van der Waals surface area (Å²) in [5, 5.41) is 12.7. The minimum absolute atomic E-state index is 0.227. The molecule has 2 aromatic rings. The van der Waals surface area contributed by atoms with Gasteiger partial charge >= 0.3 is 5.91 Å². The van der Waals surface area contributed by atoms with E-state index in [1.807, 2.05) is 4.68 Å². The van der Waals surface area contributed by atoms with Crippen LogP contribution in [0.1, 0.15) is 47.8 Å². The zero-order valence-corrected chi connectivity index (χ0v) is 12.2. The lowest BCUT2D eigenvalue weighted by Gasteiger charge is -2.10. The number of furan rings is 1. The van der Waals surface area contributed by atoms with Crippen LogP contribution in [0.3, 0.4) is 0 Å². The molecule has 0 radical (unpaired) electrons. The van der Waals surface area contributed by atoms with Crippen molar-refractivity contribution in [1.29, 1.82) is 0 Å². The molecular formula is C12H16N6O2S. The fraction of sp³-hybridized carbons (Fsp3) is 0.500. The number of nitrogens with two attached hydrogens (primary N) is 1. The Hall–Kier alpha value is -1.87. The van der Waals surface area contributed by atoms with Crippen LogP contribution in [0.25, 0.3) is 0 Å². The van der Waals surface area contributed by atoms with E-state index in [9.17, 15) is 4.79 Å². The van der Waals surface area contributed by atoms with Gasteiger partial charge in [0, 0.05) is 11.3 Å². The van der Waals surface area contributed by atoms with Crippen LogP contribution >= 0.6 is 11.8 Å². The van der Waals surface area contributed by atoms with E-state index in [1.165, 1.54) is 30.9 Å². The second-order valence-corrected chi connectivity index (χ2v) is 5.82. The number of nitrogens with zero attached hydrogens (tertiary/aromatic N) is 4. The van der Waals surface area contributed by atoms with E-state index in [4.69, 9.17) is 10.3 Å². The van der Waals surface area contributed by atoms with E-state index in [-0.39, 0.29) is 5.76 Å². The second kappa shape index (κ2) is 6.27. The number of thioether (sulfide) groups is 1. The van der Waals surface area contributed by atoms with Gasteiger partial charge < -0.3 is 4.42 Å². The highest BCUT2D eigenvalue weighted by atomic mass is 32.2.